The molecule has 1 aliphatic rings. The van der Waals surface area contributed by atoms with Crippen molar-refractivity contribution in [3.05, 3.63) is 104 Å². The van der Waals surface area contributed by atoms with Crippen molar-refractivity contribution in [1.82, 2.24) is 0 Å². The standard InChI is InChI=1S/C24H16BrNO4/c1-29-17-9-5-8-16(13-17)26-21(14-6-3-2-4-7-14)20-22(27)18-12-15(25)10-11-19(18)30-23(20)24(26)28/h2-13,21H,1H3. The number of hydrogen-bond acceptors (Lipinski definition) is 4. The van der Waals surface area contributed by atoms with Crippen LogP contribution in [0.4, 0.5) is 5.69 Å². The van der Waals surface area contributed by atoms with Crippen molar-refractivity contribution < 1.29 is 13.9 Å². The van der Waals surface area contributed by atoms with Gasteiger partial charge in [-0.1, -0.05) is 52.3 Å². The van der Waals surface area contributed by atoms with Gasteiger partial charge in [0.15, 0.2) is 5.43 Å². The van der Waals surface area contributed by atoms with Gasteiger partial charge in [0.1, 0.15) is 11.3 Å². The molecule has 0 radical (unpaired) electrons. The van der Waals surface area contributed by atoms with Crippen LogP contribution in [-0.2, 0) is 0 Å². The SMILES string of the molecule is COc1cccc(N2C(=O)c3oc4ccc(Br)cc4c(=O)c3C2c2ccccc2)c1. The molecule has 1 aromatic heterocycles. The van der Waals surface area contributed by atoms with Gasteiger partial charge in [-0.15, -0.1) is 0 Å². The quantitative estimate of drug-likeness (QED) is 0.414. The summed E-state index contributed by atoms with van der Waals surface area (Å²) in [7, 11) is 1.57. The van der Waals surface area contributed by atoms with Crippen LogP contribution in [0.25, 0.3) is 11.0 Å². The van der Waals surface area contributed by atoms with Gasteiger partial charge in [0.25, 0.3) is 5.91 Å². The first-order valence-electron chi connectivity index (χ1n) is 9.37. The number of amides is 1. The van der Waals surface area contributed by atoms with E-state index in [1.165, 1.54) is 0 Å². The van der Waals surface area contributed by atoms with E-state index >= 15 is 0 Å². The van der Waals surface area contributed by atoms with Gasteiger partial charge < -0.3 is 9.15 Å². The smallest absolute Gasteiger partial charge is 0.295 e. The van der Waals surface area contributed by atoms with E-state index in [-0.39, 0.29) is 17.1 Å². The number of fused-ring (bicyclic) bond motifs is 2. The molecule has 5 nitrogen and oxygen atoms in total. The maximum absolute atomic E-state index is 13.5. The van der Waals surface area contributed by atoms with E-state index in [9.17, 15) is 9.59 Å². The Kier molecular flexibility index (Phi) is 4.44. The van der Waals surface area contributed by atoms with Gasteiger partial charge >= 0.3 is 0 Å². The maximum Gasteiger partial charge on any atom is 0.295 e. The summed E-state index contributed by atoms with van der Waals surface area (Å²) in [5.41, 5.74) is 1.98. The Labute approximate surface area is 180 Å². The third-order valence-corrected chi connectivity index (χ3v) is 5.77. The summed E-state index contributed by atoms with van der Waals surface area (Å²) in [6.45, 7) is 0. The van der Waals surface area contributed by atoms with E-state index in [4.69, 9.17) is 9.15 Å². The molecule has 5 rings (SSSR count). The van der Waals surface area contributed by atoms with E-state index in [1.54, 1.807) is 36.3 Å². The normalized spacial score (nSPS) is 15.5. The zero-order chi connectivity index (χ0) is 20.8. The molecule has 0 bridgehead atoms. The van der Waals surface area contributed by atoms with Gasteiger partial charge in [-0.2, -0.15) is 0 Å². The number of halogens is 1. The van der Waals surface area contributed by atoms with Crippen LogP contribution in [0.15, 0.2) is 86.5 Å². The Morgan fingerprint density at radius 2 is 1.77 bits per heavy atom. The topological polar surface area (TPSA) is 59.8 Å². The minimum absolute atomic E-state index is 0.0755. The number of ether oxygens (including phenoxy) is 1. The molecule has 0 spiro atoms. The Morgan fingerprint density at radius 3 is 2.53 bits per heavy atom. The van der Waals surface area contributed by atoms with Crippen LogP contribution >= 0.6 is 15.9 Å². The van der Waals surface area contributed by atoms with Crippen molar-refractivity contribution in [2.24, 2.45) is 0 Å². The molecule has 2 heterocycles. The number of carbonyl (C=O) groups excluding carboxylic acids is 1. The van der Waals surface area contributed by atoms with Crippen molar-refractivity contribution in [3.8, 4) is 5.75 Å². The second-order valence-corrected chi connectivity index (χ2v) is 7.92. The fourth-order valence-electron chi connectivity index (χ4n) is 3.92. The molecule has 1 atom stereocenters. The number of rotatable bonds is 3. The molecular formula is C24H16BrNO4. The Hall–Kier alpha value is -3.38. The van der Waals surface area contributed by atoms with E-state index < -0.39 is 6.04 Å². The van der Waals surface area contributed by atoms with Crippen LogP contribution in [0.5, 0.6) is 5.75 Å². The average molecular weight is 462 g/mol. The van der Waals surface area contributed by atoms with Crippen LogP contribution in [0.1, 0.15) is 27.7 Å². The molecule has 1 aliphatic heterocycles. The summed E-state index contributed by atoms with van der Waals surface area (Å²) in [6, 6.07) is 21.3. The van der Waals surface area contributed by atoms with E-state index in [2.05, 4.69) is 15.9 Å². The van der Waals surface area contributed by atoms with Crippen LogP contribution < -0.4 is 15.1 Å². The first-order chi connectivity index (χ1) is 14.6. The first-order valence-corrected chi connectivity index (χ1v) is 10.2. The molecule has 1 amide bonds. The molecule has 4 aromatic rings. The highest BCUT2D eigenvalue weighted by atomic mass is 79.9. The van der Waals surface area contributed by atoms with E-state index in [1.807, 2.05) is 48.5 Å². The van der Waals surface area contributed by atoms with Crippen LogP contribution in [-0.4, -0.2) is 13.0 Å². The molecule has 30 heavy (non-hydrogen) atoms. The van der Waals surface area contributed by atoms with E-state index in [0.29, 0.717) is 28.0 Å². The third-order valence-electron chi connectivity index (χ3n) is 5.28. The van der Waals surface area contributed by atoms with Crippen molar-refractivity contribution in [1.29, 1.82) is 0 Å². The summed E-state index contributed by atoms with van der Waals surface area (Å²) in [5, 5.41) is 0.435. The predicted molar refractivity (Wildman–Crippen MR) is 118 cm³/mol. The van der Waals surface area contributed by atoms with Gasteiger partial charge in [0, 0.05) is 16.2 Å². The summed E-state index contributed by atoms with van der Waals surface area (Å²) >= 11 is 3.41. The number of carbonyl (C=O) groups is 1. The second-order valence-electron chi connectivity index (χ2n) is 7.00. The highest BCUT2D eigenvalue weighted by Crippen LogP contribution is 2.41. The summed E-state index contributed by atoms with van der Waals surface area (Å²) in [4.78, 5) is 28.6. The number of nitrogens with zero attached hydrogens (tertiary/aromatic N) is 1. The van der Waals surface area contributed by atoms with Crippen molar-refractivity contribution in [3.63, 3.8) is 0 Å². The molecule has 1 unspecified atom stereocenters. The number of methoxy groups -OCH3 is 1. The summed E-state index contributed by atoms with van der Waals surface area (Å²) in [5.74, 6) is 0.344. The van der Waals surface area contributed by atoms with Crippen LogP contribution in [0.3, 0.4) is 0 Å². The van der Waals surface area contributed by atoms with Gasteiger partial charge in [0.2, 0.25) is 5.76 Å². The lowest BCUT2D eigenvalue weighted by molar-refractivity contribution is 0.0971. The summed E-state index contributed by atoms with van der Waals surface area (Å²) < 4.78 is 12.1. The lowest BCUT2D eigenvalue weighted by atomic mass is 9.98. The van der Waals surface area contributed by atoms with Crippen molar-refractivity contribution >= 4 is 38.5 Å². The highest BCUT2D eigenvalue weighted by Gasteiger charge is 2.43. The molecule has 0 aliphatic carbocycles. The number of anilines is 1. The highest BCUT2D eigenvalue weighted by molar-refractivity contribution is 9.10. The predicted octanol–water partition coefficient (Wildman–Crippen LogP) is 5.31. The van der Waals surface area contributed by atoms with Gasteiger partial charge in [0.05, 0.1) is 24.1 Å². The molecule has 3 aromatic carbocycles. The molecule has 148 valence electrons. The van der Waals surface area contributed by atoms with E-state index in [0.717, 1.165) is 10.0 Å². The monoisotopic (exact) mass is 461 g/mol. The summed E-state index contributed by atoms with van der Waals surface area (Å²) in [6.07, 6.45) is 0. The molecule has 0 saturated carbocycles. The van der Waals surface area contributed by atoms with Crippen molar-refractivity contribution in [2.75, 3.05) is 12.0 Å². The largest absolute Gasteiger partial charge is 0.497 e. The fraction of sp³-hybridized carbons (Fsp3) is 0.0833. The van der Waals surface area contributed by atoms with Crippen LogP contribution in [0.2, 0.25) is 0 Å². The first kappa shape index (κ1) is 18.6. The van der Waals surface area contributed by atoms with Gasteiger partial charge in [-0.05, 0) is 35.9 Å². The zero-order valence-electron chi connectivity index (χ0n) is 16.0. The van der Waals surface area contributed by atoms with Crippen LogP contribution in [0, 0.1) is 0 Å². The number of hydrogen-bond donors (Lipinski definition) is 0. The van der Waals surface area contributed by atoms with Gasteiger partial charge in [-0.3, -0.25) is 14.5 Å². The maximum atomic E-state index is 13.5. The second kappa shape index (κ2) is 7.15. The molecule has 0 saturated heterocycles. The Balaban J connectivity index is 1.81. The minimum Gasteiger partial charge on any atom is -0.497 e. The molecule has 6 heteroatoms. The molecule has 0 fully saturated rings. The third kappa shape index (κ3) is 2.83. The fourth-order valence-corrected chi connectivity index (χ4v) is 4.28. The Bertz CT molecular complexity index is 1350. The minimum atomic E-state index is -0.597. The molecular weight excluding hydrogens is 446 g/mol. The lowest BCUT2D eigenvalue weighted by Crippen LogP contribution is -2.29. The molecule has 0 N–H and O–H groups in total. The lowest BCUT2D eigenvalue weighted by Gasteiger charge is -2.25. The average Bonchev–Trinajstić information content (AvgIpc) is 3.07. The van der Waals surface area contributed by atoms with Crippen molar-refractivity contribution in [2.45, 2.75) is 6.04 Å². The van der Waals surface area contributed by atoms with Gasteiger partial charge in [-0.25, -0.2) is 0 Å². The number of benzene rings is 3. The Morgan fingerprint density at radius 1 is 0.967 bits per heavy atom. The zero-order valence-corrected chi connectivity index (χ0v) is 17.5.